The first kappa shape index (κ1) is 19.3. The van der Waals surface area contributed by atoms with E-state index in [1.807, 2.05) is 18.2 Å². The molecule has 0 fully saturated rings. The number of aliphatic hydroxyl groups excluding tert-OH is 1. The summed E-state index contributed by atoms with van der Waals surface area (Å²) in [6.07, 6.45) is 2.55. The van der Waals surface area contributed by atoms with Crippen molar-refractivity contribution < 1.29 is 9.84 Å². The van der Waals surface area contributed by atoms with E-state index in [2.05, 4.69) is 22.0 Å². The van der Waals surface area contributed by atoms with Crippen molar-refractivity contribution in [1.82, 2.24) is 14.9 Å². The smallest absolute Gasteiger partial charge is 0.259 e. The Balaban J connectivity index is 1.59. The molecule has 1 atom stereocenters. The van der Waals surface area contributed by atoms with E-state index in [1.165, 1.54) is 10.4 Å². The minimum absolute atomic E-state index is 0.0449. The predicted octanol–water partition coefficient (Wildman–Crippen LogP) is 2.48. The first-order valence-corrected chi connectivity index (χ1v) is 10.4. The van der Waals surface area contributed by atoms with E-state index in [4.69, 9.17) is 9.72 Å². The summed E-state index contributed by atoms with van der Waals surface area (Å²) < 4.78 is 5.07. The minimum atomic E-state index is -0.602. The molecule has 2 aromatic heterocycles. The molecule has 1 aliphatic carbocycles. The molecule has 0 saturated carbocycles. The molecule has 0 aliphatic heterocycles. The van der Waals surface area contributed by atoms with E-state index < -0.39 is 6.10 Å². The number of fused-ring (bicyclic) bond motifs is 3. The van der Waals surface area contributed by atoms with Gasteiger partial charge in [0.05, 0.1) is 24.6 Å². The van der Waals surface area contributed by atoms with Crippen LogP contribution >= 0.6 is 11.3 Å². The number of thiophene rings is 1. The van der Waals surface area contributed by atoms with Crippen molar-refractivity contribution in [1.29, 1.82) is 0 Å². The fourth-order valence-electron chi connectivity index (χ4n) is 3.90. The summed E-state index contributed by atoms with van der Waals surface area (Å²) in [5.74, 6) is 0.637. The lowest BCUT2D eigenvalue weighted by Gasteiger charge is -2.24. The molecule has 1 aliphatic rings. The number of H-pyrrole nitrogens is 1. The molecule has 0 saturated heterocycles. The van der Waals surface area contributed by atoms with Crippen LogP contribution in [-0.2, 0) is 30.7 Å². The summed E-state index contributed by atoms with van der Waals surface area (Å²) in [6.45, 7) is 1.82. The maximum atomic E-state index is 12.7. The quantitative estimate of drug-likeness (QED) is 0.608. The van der Waals surface area contributed by atoms with Crippen LogP contribution in [0.2, 0.25) is 0 Å². The molecule has 0 amide bonds. The molecule has 28 heavy (non-hydrogen) atoms. The van der Waals surface area contributed by atoms with Crippen molar-refractivity contribution in [2.75, 3.05) is 20.3 Å². The maximum Gasteiger partial charge on any atom is 0.259 e. The Bertz CT molecular complexity index is 999. The monoisotopic (exact) mass is 399 g/mol. The summed E-state index contributed by atoms with van der Waals surface area (Å²) in [5, 5.41) is 11.0. The van der Waals surface area contributed by atoms with Crippen molar-refractivity contribution in [3.05, 3.63) is 62.5 Å². The molecule has 1 aromatic carbocycles. The number of aliphatic hydroxyl groups is 1. The molecule has 2 heterocycles. The van der Waals surface area contributed by atoms with Crippen LogP contribution < -0.4 is 5.56 Å². The number of hydrogen-bond donors (Lipinski definition) is 2. The fraction of sp³-hybridized carbons (Fsp3) is 0.429. The summed E-state index contributed by atoms with van der Waals surface area (Å²) in [6, 6.07) is 10.1. The summed E-state index contributed by atoms with van der Waals surface area (Å²) >= 11 is 1.65. The lowest BCUT2D eigenvalue weighted by atomic mass is 10.2. The molecule has 7 heteroatoms. The molecule has 4 rings (SSSR count). The first-order valence-electron chi connectivity index (χ1n) is 9.60. The van der Waals surface area contributed by atoms with Gasteiger partial charge in [-0.2, -0.15) is 0 Å². The molecule has 2 N–H and O–H groups in total. The molecule has 6 nitrogen and oxygen atoms in total. The van der Waals surface area contributed by atoms with Gasteiger partial charge in [-0.3, -0.25) is 9.69 Å². The van der Waals surface area contributed by atoms with Gasteiger partial charge in [0.2, 0.25) is 0 Å². The predicted molar refractivity (Wildman–Crippen MR) is 111 cm³/mol. The van der Waals surface area contributed by atoms with Crippen LogP contribution in [0.25, 0.3) is 10.2 Å². The lowest BCUT2D eigenvalue weighted by Crippen LogP contribution is -2.35. The highest BCUT2D eigenvalue weighted by molar-refractivity contribution is 7.18. The van der Waals surface area contributed by atoms with E-state index in [-0.39, 0.29) is 12.2 Å². The Kier molecular flexibility index (Phi) is 5.87. The zero-order valence-electron chi connectivity index (χ0n) is 16.0. The Morgan fingerprint density at radius 2 is 2.11 bits per heavy atom. The highest BCUT2D eigenvalue weighted by Gasteiger charge is 2.22. The maximum absolute atomic E-state index is 12.7. The van der Waals surface area contributed by atoms with Crippen molar-refractivity contribution in [2.24, 2.45) is 0 Å². The molecular formula is C21H25N3O3S. The third-order valence-electron chi connectivity index (χ3n) is 5.07. The molecular weight excluding hydrogens is 374 g/mol. The zero-order chi connectivity index (χ0) is 19.5. The van der Waals surface area contributed by atoms with Gasteiger partial charge >= 0.3 is 0 Å². The van der Waals surface area contributed by atoms with Gasteiger partial charge in [-0.1, -0.05) is 30.3 Å². The number of ether oxygens (including phenoxy) is 1. The summed E-state index contributed by atoms with van der Waals surface area (Å²) in [7, 11) is 1.58. The number of aryl methyl sites for hydroxylation is 2. The average molecular weight is 400 g/mol. The van der Waals surface area contributed by atoms with Crippen molar-refractivity contribution in [2.45, 2.75) is 38.5 Å². The van der Waals surface area contributed by atoms with Crippen LogP contribution in [0.1, 0.15) is 28.2 Å². The molecule has 1 unspecified atom stereocenters. The number of nitrogens with one attached hydrogen (secondary N) is 1. The highest BCUT2D eigenvalue weighted by Crippen LogP contribution is 2.34. The zero-order valence-corrected chi connectivity index (χ0v) is 16.8. The Morgan fingerprint density at radius 3 is 2.89 bits per heavy atom. The number of methoxy groups -OCH3 is 1. The number of rotatable bonds is 8. The van der Waals surface area contributed by atoms with Gasteiger partial charge < -0.3 is 14.8 Å². The van der Waals surface area contributed by atoms with Gasteiger partial charge in [-0.25, -0.2) is 4.98 Å². The van der Waals surface area contributed by atoms with Crippen LogP contribution in [0.4, 0.5) is 0 Å². The van der Waals surface area contributed by atoms with Gasteiger partial charge in [-0.05, 0) is 30.4 Å². The van der Waals surface area contributed by atoms with Crippen LogP contribution in [0, 0.1) is 0 Å². The molecule has 0 radical (unpaired) electrons. The van der Waals surface area contributed by atoms with Gasteiger partial charge in [0.25, 0.3) is 5.56 Å². The Hall–Kier alpha value is -2.06. The Morgan fingerprint density at radius 1 is 1.29 bits per heavy atom. The third-order valence-corrected chi connectivity index (χ3v) is 6.26. The second-order valence-corrected chi connectivity index (χ2v) is 8.40. The molecule has 3 aromatic rings. The van der Waals surface area contributed by atoms with E-state index in [0.717, 1.165) is 35.0 Å². The fourth-order valence-corrected chi connectivity index (χ4v) is 5.18. The largest absolute Gasteiger partial charge is 0.389 e. The Labute approximate surface area is 167 Å². The van der Waals surface area contributed by atoms with Crippen molar-refractivity contribution in [3.8, 4) is 0 Å². The van der Waals surface area contributed by atoms with Crippen LogP contribution in [0.15, 0.2) is 35.1 Å². The van der Waals surface area contributed by atoms with Gasteiger partial charge in [0.1, 0.15) is 10.7 Å². The van der Waals surface area contributed by atoms with Crippen LogP contribution in [0.5, 0.6) is 0 Å². The van der Waals surface area contributed by atoms with Gasteiger partial charge in [-0.15, -0.1) is 11.3 Å². The molecule has 0 bridgehead atoms. The third kappa shape index (κ3) is 4.17. The van der Waals surface area contributed by atoms with Gasteiger partial charge in [0, 0.05) is 25.1 Å². The topological polar surface area (TPSA) is 78.5 Å². The van der Waals surface area contributed by atoms with Crippen molar-refractivity contribution >= 4 is 21.6 Å². The molecule has 0 spiro atoms. The number of hydrogen-bond acceptors (Lipinski definition) is 6. The summed E-state index contributed by atoms with van der Waals surface area (Å²) in [4.78, 5) is 24.7. The number of aromatic amines is 1. The number of aromatic nitrogens is 2. The number of nitrogens with zero attached hydrogens (tertiary/aromatic N) is 2. The first-order chi connectivity index (χ1) is 13.6. The normalized spacial score (nSPS) is 14.7. The second kappa shape index (κ2) is 8.53. The highest BCUT2D eigenvalue weighted by atomic mass is 32.1. The standard InChI is InChI=1S/C21H25N3O3S/c1-27-13-15(25)11-24(10-14-6-3-2-4-7-14)12-18-22-20(26)19-16-8-5-9-17(16)28-21(19)23-18/h2-4,6-7,15,25H,5,8-13H2,1H3,(H,22,23,26). The molecule has 148 valence electrons. The SMILES string of the molecule is COCC(O)CN(Cc1ccccc1)Cc1nc2sc3c(c2c(=O)[nH]1)CCC3. The van der Waals surface area contributed by atoms with E-state index in [9.17, 15) is 9.90 Å². The van der Waals surface area contributed by atoms with E-state index in [1.54, 1.807) is 18.4 Å². The van der Waals surface area contributed by atoms with Gasteiger partial charge in [0.15, 0.2) is 0 Å². The van der Waals surface area contributed by atoms with Crippen molar-refractivity contribution in [3.63, 3.8) is 0 Å². The van der Waals surface area contributed by atoms with E-state index >= 15 is 0 Å². The minimum Gasteiger partial charge on any atom is -0.389 e. The average Bonchev–Trinajstić information content (AvgIpc) is 3.23. The summed E-state index contributed by atoms with van der Waals surface area (Å²) in [5.41, 5.74) is 2.29. The number of benzene rings is 1. The van der Waals surface area contributed by atoms with E-state index in [0.29, 0.717) is 25.5 Å². The second-order valence-electron chi connectivity index (χ2n) is 7.31. The lowest BCUT2D eigenvalue weighted by molar-refractivity contribution is 0.0332. The van der Waals surface area contributed by atoms with Crippen LogP contribution in [0.3, 0.4) is 0 Å². The van der Waals surface area contributed by atoms with Crippen LogP contribution in [-0.4, -0.2) is 46.3 Å².